The maximum Gasteiger partial charge on any atom is 0.251 e. The first-order valence-corrected chi connectivity index (χ1v) is 13.1. The van der Waals surface area contributed by atoms with E-state index >= 15 is 0 Å². The monoisotopic (exact) mass is 447 g/mol. The van der Waals surface area contributed by atoms with Gasteiger partial charge in [0, 0.05) is 46.2 Å². The standard InChI is InChI=1S/C27H33N3OS/c1-2-32-25-11-6-20(7-12-25)18-28-27(31)21-8-13-26-22(16-21)17-24(30(26)23-9-10-23)19-29-14-4-3-5-15-29/h6-8,11-13,16-17,23H,2-5,9-10,14-15,18-19H2,1H3,(H,28,31). The highest BCUT2D eigenvalue weighted by Crippen LogP contribution is 2.40. The number of carbonyl (C=O) groups excluding carboxylic acids is 1. The second-order valence-corrected chi connectivity index (χ2v) is 10.4. The predicted octanol–water partition coefficient (Wildman–Crippen LogP) is 6.00. The van der Waals surface area contributed by atoms with Gasteiger partial charge in [0.15, 0.2) is 0 Å². The number of hydrogen-bond donors (Lipinski definition) is 1. The molecule has 1 N–H and O–H groups in total. The molecule has 0 unspecified atom stereocenters. The van der Waals surface area contributed by atoms with Gasteiger partial charge in [-0.05, 0) is 86.5 Å². The van der Waals surface area contributed by atoms with Gasteiger partial charge in [-0.25, -0.2) is 0 Å². The van der Waals surface area contributed by atoms with Gasteiger partial charge < -0.3 is 9.88 Å². The van der Waals surface area contributed by atoms with E-state index in [1.807, 2.05) is 17.8 Å². The Bertz CT molecular complexity index is 1080. The van der Waals surface area contributed by atoms with Crippen molar-refractivity contribution in [3.63, 3.8) is 0 Å². The molecule has 168 valence electrons. The van der Waals surface area contributed by atoms with E-state index < -0.39 is 0 Å². The van der Waals surface area contributed by atoms with Crippen LogP contribution in [-0.4, -0.2) is 34.2 Å². The lowest BCUT2D eigenvalue weighted by atomic mass is 10.1. The van der Waals surface area contributed by atoms with Crippen LogP contribution in [0.3, 0.4) is 0 Å². The van der Waals surface area contributed by atoms with E-state index in [1.165, 1.54) is 66.7 Å². The topological polar surface area (TPSA) is 37.3 Å². The minimum Gasteiger partial charge on any atom is -0.348 e. The van der Waals surface area contributed by atoms with Gasteiger partial charge in [0.05, 0.1) is 0 Å². The average Bonchev–Trinajstić information content (AvgIpc) is 3.59. The Kier molecular flexibility index (Phi) is 6.56. The zero-order valence-electron chi connectivity index (χ0n) is 19.0. The molecule has 1 saturated carbocycles. The molecule has 1 amide bonds. The summed E-state index contributed by atoms with van der Waals surface area (Å²) in [6.07, 6.45) is 6.54. The van der Waals surface area contributed by atoms with Crippen molar-refractivity contribution in [2.24, 2.45) is 0 Å². The van der Waals surface area contributed by atoms with Crippen molar-refractivity contribution >= 4 is 28.6 Å². The summed E-state index contributed by atoms with van der Waals surface area (Å²) in [7, 11) is 0. The van der Waals surface area contributed by atoms with Crippen molar-refractivity contribution in [3.05, 3.63) is 65.4 Å². The number of aromatic nitrogens is 1. The van der Waals surface area contributed by atoms with Crippen molar-refractivity contribution in [3.8, 4) is 0 Å². The van der Waals surface area contributed by atoms with Crippen LogP contribution in [0.2, 0.25) is 0 Å². The molecule has 2 heterocycles. The molecule has 2 aliphatic rings. The quantitative estimate of drug-likeness (QED) is 0.430. The van der Waals surface area contributed by atoms with E-state index in [0.717, 1.165) is 23.4 Å². The fourth-order valence-corrected chi connectivity index (χ4v) is 5.48. The van der Waals surface area contributed by atoms with Gasteiger partial charge in [0.25, 0.3) is 5.91 Å². The van der Waals surface area contributed by atoms with Gasteiger partial charge in [-0.1, -0.05) is 25.5 Å². The van der Waals surface area contributed by atoms with E-state index in [-0.39, 0.29) is 5.91 Å². The van der Waals surface area contributed by atoms with E-state index in [4.69, 9.17) is 0 Å². The number of likely N-dealkylation sites (tertiary alicyclic amines) is 1. The highest BCUT2D eigenvalue weighted by Gasteiger charge is 2.28. The minimum atomic E-state index is -0.00402. The van der Waals surface area contributed by atoms with Crippen molar-refractivity contribution in [2.45, 2.75) is 63.1 Å². The van der Waals surface area contributed by atoms with Crippen LogP contribution in [0.4, 0.5) is 0 Å². The van der Waals surface area contributed by atoms with Crippen LogP contribution in [0.25, 0.3) is 10.9 Å². The fraction of sp³-hybridized carbons (Fsp3) is 0.444. The molecule has 32 heavy (non-hydrogen) atoms. The van der Waals surface area contributed by atoms with Gasteiger partial charge in [-0.15, -0.1) is 11.8 Å². The molecule has 2 aromatic carbocycles. The molecule has 1 saturated heterocycles. The summed E-state index contributed by atoms with van der Waals surface area (Å²) in [5, 5.41) is 4.28. The third-order valence-electron chi connectivity index (χ3n) is 6.61. The van der Waals surface area contributed by atoms with Crippen molar-refractivity contribution in [2.75, 3.05) is 18.8 Å². The molecule has 0 radical (unpaired) electrons. The number of thioether (sulfide) groups is 1. The third-order valence-corrected chi connectivity index (χ3v) is 7.51. The van der Waals surface area contributed by atoms with Crippen LogP contribution in [-0.2, 0) is 13.1 Å². The highest BCUT2D eigenvalue weighted by molar-refractivity contribution is 7.99. The normalized spacial score (nSPS) is 17.0. The maximum atomic E-state index is 12.9. The molecule has 5 rings (SSSR count). The Morgan fingerprint density at radius 1 is 1.03 bits per heavy atom. The molecule has 4 nitrogen and oxygen atoms in total. The number of nitrogens with one attached hydrogen (secondary N) is 1. The highest BCUT2D eigenvalue weighted by atomic mass is 32.2. The number of benzene rings is 2. The Morgan fingerprint density at radius 3 is 2.53 bits per heavy atom. The Hall–Kier alpha value is -2.24. The molecule has 5 heteroatoms. The SMILES string of the molecule is CCSc1ccc(CNC(=O)c2ccc3c(c2)cc(CN2CCCCC2)n3C2CC2)cc1. The third kappa shape index (κ3) is 4.89. The van der Waals surface area contributed by atoms with E-state index in [9.17, 15) is 4.79 Å². The Balaban J connectivity index is 1.30. The molecule has 0 atom stereocenters. The zero-order chi connectivity index (χ0) is 21.9. The number of fused-ring (bicyclic) bond motifs is 1. The molecule has 1 aliphatic heterocycles. The van der Waals surface area contributed by atoms with Crippen molar-refractivity contribution in [1.29, 1.82) is 0 Å². The zero-order valence-corrected chi connectivity index (χ0v) is 19.8. The molecule has 0 bridgehead atoms. The molecule has 3 aromatic rings. The number of nitrogens with zero attached hydrogens (tertiary/aromatic N) is 2. The fourth-order valence-electron chi connectivity index (χ4n) is 4.82. The molecule has 1 aromatic heterocycles. The number of carbonyl (C=O) groups is 1. The lowest BCUT2D eigenvalue weighted by Gasteiger charge is -2.27. The van der Waals surface area contributed by atoms with Gasteiger partial charge in [0.1, 0.15) is 0 Å². The first-order valence-electron chi connectivity index (χ1n) is 12.1. The summed E-state index contributed by atoms with van der Waals surface area (Å²) in [6.45, 7) is 6.15. The largest absolute Gasteiger partial charge is 0.348 e. The van der Waals surface area contributed by atoms with Gasteiger partial charge in [-0.2, -0.15) is 0 Å². The van der Waals surface area contributed by atoms with E-state index in [1.54, 1.807) is 0 Å². The van der Waals surface area contributed by atoms with Crippen LogP contribution in [0.15, 0.2) is 53.4 Å². The number of hydrogen-bond acceptors (Lipinski definition) is 3. The van der Waals surface area contributed by atoms with Crippen molar-refractivity contribution in [1.82, 2.24) is 14.8 Å². The number of amides is 1. The maximum absolute atomic E-state index is 12.9. The van der Waals surface area contributed by atoms with E-state index in [2.05, 4.69) is 64.2 Å². The average molecular weight is 448 g/mol. The summed E-state index contributed by atoms with van der Waals surface area (Å²) in [5.41, 5.74) is 4.56. The summed E-state index contributed by atoms with van der Waals surface area (Å²) in [6, 6.07) is 17.6. The van der Waals surface area contributed by atoms with Gasteiger partial charge in [0.2, 0.25) is 0 Å². The summed E-state index contributed by atoms with van der Waals surface area (Å²) < 4.78 is 2.54. The van der Waals surface area contributed by atoms with E-state index in [0.29, 0.717) is 12.6 Å². The summed E-state index contributed by atoms with van der Waals surface area (Å²) in [5.74, 6) is 1.07. The van der Waals surface area contributed by atoms with Crippen LogP contribution in [0, 0.1) is 0 Å². The predicted molar refractivity (Wildman–Crippen MR) is 133 cm³/mol. The molecular formula is C27H33N3OS. The molecule has 2 fully saturated rings. The van der Waals surface area contributed by atoms with Crippen LogP contribution in [0.5, 0.6) is 0 Å². The second kappa shape index (κ2) is 9.72. The Morgan fingerprint density at radius 2 is 1.81 bits per heavy atom. The Labute approximate surface area is 195 Å². The van der Waals surface area contributed by atoms with Crippen LogP contribution < -0.4 is 5.32 Å². The first kappa shape index (κ1) is 21.6. The van der Waals surface area contributed by atoms with Crippen LogP contribution in [0.1, 0.15) is 66.7 Å². The van der Waals surface area contributed by atoms with Crippen molar-refractivity contribution < 1.29 is 4.79 Å². The lowest BCUT2D eigenvalue weighted by molar-refractivity contribution is 0.0951. The smallest absolute Gasteiger partial charge is 0.251 e. The molecular weight excluding hydrogens is 414 g/mol. The van der Waals surface area contributed by atoms with Crippen LogP contribution >= 0.6 is 11.8 Å². The summed E-state index contributed by atoms with van der Waals surface area (Å²) >= 11 is 1.83. The lowest BCUT2D eigenvalue weighted by Crippen LogP contribution is -2.29. The second-order valence-electron chi connectivity index (χ2n) is 9.11. The minimum absolute atomic E-state index is 0.00402. The molecule has 0 spiro atoms. The van der Waals surface area contributed by atoms with Gasteiger partial charge in [-0.3, -0.25) is 9.69 Å². The first-order chi connectivity index (χ1) is 15.7. The number of piperidine rings is 1. The summed E-state index contributed by atoms with van der Waals surface area (Å²) in [4.78, 5) is 16.7. The van der Waals surface area contributed by atoms with Gasteiger partial charge >= 0.3 is 0 Å². The number of rotatable bonds is 8. The molecule has 1 aliphatic carbocycles.